The third kappa shape index (κ3) is 5.10. The molecular formula is C21H25N3O4. The van der Waals surface area contributed by atoms with Gasteiger partial charge in [0.25, 0.3) is 0 Å². The highest BCUT2D eigenvalue weighted by molar-refractivity contribution is 5.14. The van der Waals surface area contributed by atoms with E-state index in [2.05, 4.69) is 10.0 Å². The second-order valence-electron chi connectivity index (χ2n) is 6.66. The van der Waals surface area contributed by atoms with Crippen LogP contribution in [0.1, 0.15) is 18.1 Å². The van der Waals surface area contributed by atoms with Crippen LogP contribution < -0.4 is 0 Å². The quantitative estimate of drug-likeness (QED) is 0.388. The van der Waals surface area contributed by atoms with Gasteiger partial charge in [-0.2, -0.15) is 0 Å². The number of hydrogen-bond acceptors (Lipinski definition) is 5. The van der Waals surface area contributed by atoms with Crippen LogP contribution in [0.3, 0.4) is 0 Å². The van der Waals surface area contributed by atoms with Crippen molar-refractivity contribution in [1.82, 2.24) is 0 Å². The number of methoxy groups -OCH3 is 1. The molecule has 0 N–H and O–H groups in total. The Kier molecular flexibility index (Phi) is 7.42. The molecule has 1 heterocycles. The summed E-state index contributed by atoms with van der Waals surface area (Å²) in [7, 11) is 1.58. The van der Waals surface area contributed by atoms with Gasteiger partial charge >= 0.3 is 0 Å². The Morgan fingerprint density at radius 1 is 0.929 bits per heavy atom. The van der Waals surface area contributed by atoms with E-state index >= 15 is 0 Å². The van der Waals surface area contributed by atoms with Gasteiger partial charge in [-0.05, 0) is 23.6 Å². The average Bonchev–Trinajstić information content (AvgIpc) is 2.74. The molecule has 28 heavy (non-hydrogen) atoms. The minimum absolute atomic E-state index is 0.371. The van der Waals surface area contributed by atoms with Crippen molar-refractivity contribution in [2.24, 2.45) is 5.11 Å². The molecular weight excluding hydrogens is 358 g/mol. The Labute approximate surface area is 164 Å². The van der Waals surface area contributed by atoms with Gasteiger partial charge < -0.3 is 18.9 Å². The van der Waals surface area contributed by atoms with Crippen LogP contribution in [0.2, 0.25) is 0 Å². The highest BCUT2D eigenvalue weighted by Crippen LogP contribution is 2.29. The molecule has 7 nitrogen and oxygen atoms in total. The zero-order valence-corrected chi connectivity index (χ0v) is 16.0. The molecule has 3 unspecified atom stereocenters. The molecule has 0 aliphatic carbocycles. The lowest BCUT2D eigenvalue weighted by Gasteiger charge is -2.43. The summed E-state index contributed by atoms with van der Waals surface area (Å²) in [5.74, 6) is 0. The van der Waals surface area contributed by atoms with Crippen molar-refractivity contribution in [2.75, 3.05) is 7.11 Å². The average molecular weight is 383 g/mol. The number of nitrogens with zero attached hydrogens (tertiary/aromatic N) is 3. The smallest absolute Gasteiger partial charge is 0.186 e. The number of azide groups is 1. The van der Waals surface area contributed by atoms with Crippen molar-refractivity contribution in [1.29, 1.82) is 0 Å². The van der Waals surface area contributed by atoms with Crippen LogP contribution in [0.25, 0.3) is 10.4 Å². The van der Waals surface area contributed by atoms with Crippen molar-refractivity contribution in [3.63, 3.8) is 0 Å². The molecule has 0 bridgehead atoms. The summed E-state index contributed by atoms with van der Waals surface area (Å²) in [4.78, 5) is 2.97. The van der Waals surface area contributed by atoms with E-state index in [1.54, 1.807) is 7.11 Å². The van der Waals surface area contributed by atoms with Crippen LogP contribution in [0.15, 0.2) is 65.8 Å². The molecule has 0 radical (unpaired) electrons. The van der Waals surface area contributed by atoms with Gasteiger partial charge in [-0.3, -0.25) is 0 Å². The molecule has 0 saturated carbocycles. The molecule has 1 aliphatic heterocycles. The minimum Gasteiger partial charge on any atom is -0.373 e. The third-order valence-corrected chi connectivity index (χ3v) is 4.76. The fourth-order valence-electron chi connectivity index (χ4n) is 3.30. The van der Waals surface area contributed by atoms with E-state index in [-0.39, 0.29) is 6.10 Å². The Hall–Kier alpha value is -2.41. The van der Waals surface area contributed by atoms with Crippen molar-refractivity contribution in [3.8, 4) is 0 Å². The molecule has 0 spiro atoms. The van der Waals surface area contributed by atoms with Crippen LogP contribution in [0, 0.1) is 0 Å². The summed E-state index contributed by atoms with van der Waals surface area (Å²) >= 11 is 0. The molecule has 5 atom stereocenters. The summed E-state index contributed by atoms with van der Waals surface area (Å²) in [6, 6.07) is 19.2. The fourth-order valence-corrected chi connectivity index (χ4v) is 3.30. The molecule has 1 aliphatic rings. The van der Waals surface area contributed by atoms with Crippen molar-refractivity contribution < 1.29 is 18.9 Å². The molecule has 148 valence electrons. The zero-order chi connectivity index (χ0) is 19.8. The topological polar surface area (TPSA) is 85.7 Å². The normalized spacial score (nSPS) is 27.1. The van der Waals surface area contributed by atoms with E-state index in [1.165, 1.54) is 0 Å². The maximum atomic E-state index is 8.99. The Balaban J connectivity index is 1.74. The van der Waals surface area contributed by atoms with Crippen molar-refractivity contribution >= 4 is 0 Å². The monoisotopic (exact) mass is 383 g/mol. The minimum atomic E-state index is -0.633. The maximum absolute atomic E-state index is 8.99. The van der Waals surface area contributed by atoms with Gasteiger partial charge in [0.2, 0.25) is 0 Å². The Morgan fingerprint density at radius 3 is 2.04 bits per heavy atom. The molecule has 0 amide bonds. The van der Waals surface area contributed by atoms with Crippen LogP contribution in [0.5, 0.6) is 0 Å². The van der Waals surface area contributed by atoms with E-state index in [1.807, 2.05) is 67.6 Å². The first-order chi connectivity index (χ1) is 13.7. The predicted octanol–water partition coefficient (Wildman–Crippen LogP) is 4.23. The summed E-state index contributed by atoms with van der Waals surface area (Å²) in [6.07, 6.45) is -2.03. The van der Waals surface area contributed by atoms with Gasteiger partial charge in [-0.25, -0.2) is 0 Å². The maximum Gasteiger partial charge on any atom is 0.186 e. The molecule has 2 aromatic carbocycles. The lowest BCUT2D eigenvalue weighted by atomic mass is 9.97. The first-order valence-corrected chi connectivity index (χ1v) is 9.26. The second kappa shape index (κ2) is 10.2. The number of hydrogen-bond donors (Lipinski definition) is 0. The Morgan fingerprint density at radius 2 is 1.50 bits per heavy atom. The predicted molar refractivity (Wildman–Crippen MR) is 104 cm³/mol. The molecule has 3 rings (SSSR count). The third-order valence-electron chi connectivity index (χ3n) is 4.76. The highest BCUT2D eigenvalue weighted by atomic mass is 16.7. The van der Waals surface area contributed by atoms with E-state index in [9.17, 15) is 0 Å². The first kappa shape index (κ1) is 20.3. The SMILES string of the molecule is COC1C(OCc2ccccc2)[C@H](N=[N+]=[N-])C(C)O[C@H]1OCc1ccccc1. The van der Waals surface area contributed by atoms with Crippen LogP contribution in [-0.2, 0) is 32.2 Å². The molecule has 7 heteroatoms. The summed E-state index contributed by atoms with van der Waals surface area (Å²) in [5, 5.41) is 3.90. The summed E-state index contributed by atoms with van der Waals surface area (Å²) in [5.41, 5.74) is 11.1. The summed E-state index contributed by atoms with van der Waals surface area (Å²) < 4.78 is 23.8. The van der Waals surface area contributed by atoms with Gasteiger partial charge in [0.15, 0.2) is 6.29 Å². The van der Waals surface area contributed by atoms with E-state index in [4.69, 9.17) is 24.5 Å². The second-order valence-corrected chi connectivity index (χ2v) is 6.66. The molecule has 1 saturated heterocycles. The van der Waals surface area contributed by atoms with Crippen LogP contribution in [-0.4, -0.2) is 37.8 Å². The molecule has 0 aromatic heterocycles. The number of ether oxygens (including phenoxy) is 4. The summed E-state index contributed by atoms with van der Waals surface area (Å²) in [6.45, 7) is 2.61. The van der Waals surface area contributed by atoms with E-state index in [0.29, 0.717) is 13.2 Å². The fraction of sp³-hybridized carbons (Fsp3) is 0.429. The van der Waals surface area contributed by atoms with Crippen molar-refractivity contribution in [2.45, 2.75) is 50.8 Å². The number of benzene rings is 2. The molecule has 2 aromatic rings. The van der Waals surface area contributed by atoms with Gasteiger partial charge in [-0.1, -0.05) is 65.8 Å². The van der Waals surface area contributed by atoms with Gasteiger partial charge in [0.1, 0.15) is 12.2 Å². The Bertz CT molecular complexity index is 768. The van der Waals surface area contributed by atoms with Gasteiger partial charge in [0, 0.05) is 12.0 Å². The standard InChI is InChI=1S/C21H25N3O4/c1-15-18(23-24-22)19(26-13-16-9-5-3-6-10-16)20(25-2)21(28-15)27-14-17-11-7-4-8-12-17/h3-12,15,18-21H,13-14H2,1-2H3/t15?,18-,19?,20?,21-/m1/s1. The van der Waals surface area contributed by atoms with E-state index < -0.39 is 24.5 Å². The van der Waals surface area contributed by atoms with Crippen LogP contribution >= 0.6 is 0 Å². The van der Waals surface area contributed by atoms with E-state index in [0.717, 1.165) is 11.1 Å². The van der Waals surface area contributed by atoms with Crippen LogP contribution in [0.4, 0.5) is 0 Å². The molecule has 1 fully saturated rings. The van der Waals surface area contributed by atoms with Gasteiger partial charge in [0.05, 0.1) is 25.4 Å². The lowest BCUT2D eigenvalue weighted by Crippen LogP contribution is -2.58. The number of rotatable bonds is 8. The van der Waals surface area contributed by atoms with Gasteiger partial charge in [-0.15, -0.1) is 0 Å². The highest BCUT2D eigenvalue weighted by Gasteiger charge is 2.45. The zero-order valence-electron chi connectivity index (χ0n) is 16.0. The first-order valence-electron chi connectivity index (χ1n) is 9.26. The van der Waals surface area contributed by atoms with Crippen molar-refractivity contribution in [3.05, 3.63) is 82.2 Å². The lowest BCUT2D eigenvalue weighted by molar-refractivity contribution is -0.286. The largest absolute Gasteiger partial charge is 0.373 e.